The van der Waals surface area contributed by atoms with Crippen LogP contribution in [0.15, 0.2) is 12.2 Å². The van der Waals surface area contributed by atoms with Gasteiger partial charge in [0.05, 0.1) is 18.3 Å². The van der Waals surface area contributed by atoms with E-state index in [4.69, 9.17) is 28.4 Å². The van der Waals surface area contributed by atoms with E-state index in [1.807, 2.05) is 0 Å². The molecule has 1 saturated carbocycles. The average molecular weight is 495 g/mol. The van der Waals surface area contributed by atoms with Gasteiger partial charge in [0.25, 0.3) is 0 Å². The number of ether oxygens (including phenoxy) is 6. The van der Waals surface area contributed by atoms with Crippen LogP contribution in [0.5, 0.6) is 0 Å². The zero-order chi connectivity index (χ0) is 24.3. The minimum atomic E-state index is -0.183. The summed E-state index contributed by atoms with van der Waals surface area (Å²) >= 11 is 0. The van der Waals surface area contributed by atoms with Crippen molar-refractivity contribution in [3.63, 3.8) is 0 Å². The molecule has 3 heterocycles. The Bertz CT molecular complexity index is 623. The van der Waals surface area contributed by atoms with Crippen LogP contribution in [0.25, 0.3) is 0 Å². The molecule has 7 heteroatoms. The van der Waals surface area contributed by atoms with E-state index >= 15 is 0 Å². The molecule has 0 spiro atoms. The molecule has 0 aromatic rings. The first-order chi connectivity index (χ1) is 17.3. The van der Waals surface area contributed by atoms with Crippen LogP contribution in [0, 0.1) is 11.8 Å². The van der Waals surface area contributed by atoms with Crippen molar-refractivity contribution in [1.82, 2.24) is 0 Å². The molecule has 4 fully saturated rings. The van der Waals surface area contributed by atoms with Gasteiger partial charge in [0.15, 0.2) is 18.9 Å². The quantitative estimate of drug-likeness (QED) is 0.269. The predicted molar refractivity (Wildman–Crippen MR) is 132 cm³/mol. The Morgan fingerprint density at radius 3 is 1.97 bits per heavy atom. The van der Waals surface area contributed by atoms with Gasteiger partial charge in [-0.15, -0.1) is 0 Å². The van der Waals surface area contributed by atoms with Gasteiger partial charge in [-0.1, -0.05) is 25.5 Å². The van der Waals surface area contributed by atoms with Crippen molar-refractivity contribution < 1.29 is 33.2 Å². The number of carbonyl (C=O) groups is 1. The standard InChI is InChI=1S/C28H46O7/c1-2-9-21(33-26-10-3-6-17-30-26)13-14-22-23(15-16-29)25(35-28-12-5-8-19-32-28)20-24(22)34-27-11-4-7-18-31-27/h13-14,16,21-28H,2-12,15,17-20H2,1H3/b14-13+/t21-,22+,23+,24+,25-,26?,27?,28?/m0/s1. The largest absolute Gasteiger partial charge is 0.353 e. The van der Waals surface area contributed by atoms with Gasteiger partial charge in [0.1, 0.15) is 6.29 Å². The van der Waals surface area contributed by atoms with Gasteiger partial charge in [-0.2, -0.15) is 0 Å². The molecule has 200 valence electrons. The molecule has 0 N–H and O–H groups in total. The monoisotopic (exact) mass is 494 g/mol. The highest BCUT2D eigenvalue weighted by Crippen LogP contribution is 2.41. The van der Waals surface area contributed by atoms with Crippen LogP contribution in [0.3, 0.4) is 0 Å². The molecule has 3 unspecified atom stereocenters. The molecule has 35 heavy (non-hydrogen) atoms. The molecule has 4 aliphatic rings. The third-order valence-corrected chi connectivity index (χ3v) is 7.75. The van der Waals surface area contributed by atoms with Gasteiger partial charge in [0, 0.05) is 44.5 Å². The van der Waals surface area contributed by atoms with Crippen LogP contribution in [0.1, 0.15) is 90.4 Å². The summed E-state index contributed by atoms with van der Waals surface area (Å²) in [5.74, 6) is 0.116. The molecule has 7 nitrogen and oxygen atoms in total. The summed E-state index contributed by atoms with van der Waals surface area (Å²) in [6, 6.07) is 0. The van der Waals surface area contributed by atoms with Crippen molar-refractivity contribution >= 4 is 6.29 Å². The van der Waals surface area contributed by atoms with E-state index in [-0.39, 0.29) is 49.0 Å². The Hall–Kier alpha value is -0.830. The zero-order valence-electron chi connectivity index (χ0n) is 21.5. The van der Waals surface area contributed by atoms with E-state index in [1.165, 1.54) is 0 Å². The lowest BCUT2D eigenvalue weighted by molar-refractivity contribution is -0.204. The summed E-state index contributed by atoms with van der Waals surface area (Å²) in [6.45, 7) is 4.45. The van der Waals surface area contributed by atoms with Gasteiger partial charge >= 0.3 is 0 Å². The Labute approximate surface area is 211 Å². The Balaban J connectivity index is 1.47. The maximum atomic E-state index is 11.7. The van der Waals surface area contributed by atoms with Gasteiger partial charge in [-0.25, -0.2) is 0 Å². The minimum absolute atomic E-state index is 0.00629. The summed E-state index contributed by atoms with van der Waals surface area (Å²) in [7, 11) is 0. The normalized spacial score (nSPS) is 37.5. The number of carbonyl (C=O) groups excluding carboxylic acids is 1. The summed E-state index contributed by atoms with van der Waals surface area (Å²) < 4.78 is 36.9. The summed E-state index contributed by atoms with van der Waals surface area (Å²) in [5, 5.41) is 0. The van der Waals surface area contributed by atoms with Crippen molar-refractivity contribution in [3.8, 4) is 0 Å². The Kier molecular flexibility index (Phi) is 11.5. The van der Waals surface area contributed by atoms with Crippen LogP contribution in [0.4, 0.5) is 0 Å². The Morgan fingerprint density at radius 2 is 1.43 bits per heavy atom. The molecule has 0 aromatic carbocycles. The molecule has 3 saturated heterocycles. The second-order valence-electron chi connectivity index (χ2n) is 10.5. The second-order valence-corrected chi connectivity index (χ2v) is 10.5. The fourth-order valence-corrected chi connectivity index (χ4v) is 5.86. The minimum Gasteiger partial charge on any atom is -0.353 e. The molecular formula is C28H46O7. The first-order valence-electron chi connectivity index (χ1n) is 14.2. The van der Waals surface area contributed by atoms with Gasteiger partial charge in [-0.05, 0) is 64.2 Å². The summed E-state index contributed by atoms with van der Waals surface area (Å²) in [5.41, 5.74) is 0. The summed E-state index contributed by atoms with van der Waals surface area (Å²) in [4.78, 5) is 11.7. The molecule has 0 radical (unpaired) electrons. The smallest absolute Gasteiger partial charge is 0.158 e. The molecule has 0 amide bonds. The third kappa shape index (κ3) is 8.34. The first-order valence-corrected chi connectivity index (χ1v) is 14.2. The van der Waals surface area contributed by atoms with E-state index in [1.54, 1.807) is 0 Å². The van der Waals surface area contributed by atoms with Crippen LogP contribution in [-0.4, -0.2) is 63.3 Å². The first kappa shape index (κ1) is 27.2. The van der Waals surface area contributed by atoms with Crippen molar-refractivity contribution in [3.05, 3.63) is 12.2 Å². The molecular weight excluding hydrogens is 448 g/mol. The number of aldehydes is 1. The zero-order valence-corrected chi connectivity index (χ0v) is 21.5. The van der Waals surface area contributed by atoms with Gasteiger partial charge < -0.3 is 33.2 Å². The predicted octanol–water partition coefficient (Wildman–Crippen LogP) is 5.30. The van der Waals surface area contributed by atoms with E-state index in [0.717, 1.165) is 103 Å². The molecule has 0 aromatic heterocycles. The van der Waals surface area contributed by atoms with Crippen LogP contribution < -0.4 is 0 Å². The van der Waals surface area contributed by atoms with E-state index in [9.17, 15) is 4.79 Å². The van der Waals surface area contributed by atoms with E-state index < -0.39 is 0 Å². The lowest BCUT2D eigenvalue weighted by Gasteiger charge is -2.30. The van der Waals surface area contributed by atoms with Crippen LogP contribution >= 0.6 is 0 Å². The fourth-order valence-electron chi connectivity index (χ4n) is 5.86. The third-order valence-electron chi connectivity index (χ3n) is 7.75. The second kappa shape index (κ2) is 14.8. The van der Waals surface area contributed by atoms with Crippen molar-refractivity contribution in [2.75, 3.05) is 19.8 Å². The SMILES string of the molecule is CCC[C@@H](/C=C/[C@@H]1[C@@H](CC=O)[C@@H](OC2CCCCO2)C[C@H]1OC1CCCCO1)OC1CCCCO1. The molecule has 1 aliphatic carbocycles. The van der Waals surface area contributed by atoms with Crippen molar-refractivity contribution in [1.29, 1.82) is 0 Å². The fraction of sp³-hybridized carbons (Fsp3) is 0.893. The maximum absolute atomic E-state index is 11.7. The maximum Gasteiger partial charge on any atom is 0.158 e. The average Bonchev–Trinajstić information content (AvgIpc) is 3.20. The lowest BCUT2D eigenvalue weighted by Crippen LogP contribution is -2.32. The number of hydrogen-bond acceptors (Lipinski definition) is 7. The number of rotatable bonds is 12. The molecule has 3 aliphatic heterocycles. The van der Waals surface area contributed by atoms with Gasteiger partial charge in [0.2, 0.25) is 0 Å². The van der Waals surface area contributed by atoms with Crippen LogP contribution in [0.2, 0.25) is 0 Å². The highest BCUT2D eigenvalue weighted by molar-refractivity contribution is 5.50. The highest BCUT2D eigenvalue weighted by Gasteiger charge is 2.45. The van der Waals surface area contributed by atoms with Crippen LogP contribution in [-0.2, 0) is 33.2 Å². The summed E-state index contributed by atoms with van der Waals surface area (Å²) in [6.07, 6.45) is 17.5. The highest BCUT2D eigenvalue weighted by atomic mass is 16.7. The van der Waals surface area contributed by atoms with E-state index in [2.05, 4.69) is 19.1 Å². The Morgan fingerprint density at radius 1 is 0.829 bits per heavy atom. The van der Waals surface area contributed by atoms with Crippen molar-refractivity contribution in [2.45, 2.75) is 128 Å². The van der Waals surface area contributed by atoms with Gasteiger partial charge in [-0.3, -0.25) is 0 Å². The molecule has 4 rings (SSSR count). The lowest BCUT2D eigenvalue weighted by atomic mass is 9.90. The van der Waals surface area contributed by atoms with Crippen molar-refractivity contribution in [2.24, 2.45) is 11.8 Å². The topological polar surface area (TPSA) is 72.5 Å². The van der Waals surface area contributed by atoms with E-state index in [0.29, 0.717) is 6.42 Å². The molecule has 0 bridgehead atoms. The number of hydrogen-bond donors (Lipinski definition) is 0. The molecule has 8 atom stereocenters.